The third-order valence-electron chi connectivity index (χ3n) is 5.37. The van der Waals surface area contributed by atoms with Gasteiger partial charge in [-0.3, -0.25) is 10.2 Å². The Morgan fingerprint density at radius 3 is 2.79 bits per heavy atom. The maximum Gasteiger partial charge on any atom is 0.238 e. The van der Waals surface area contributed by atoms with Crippen molar-refractivity contribution in [2.45, 2.75) is 57.0 Å². The summed E-state index contributed by atoms with van der Waals surface area (Å²) in [4.78, 5) is 14.5. The van der Waals surface area contributed by atoms with Crippen molar-refractivity contribution >= 4 is 11.7 Å². The first kappa shape index (κ1) is 15.8. The average Bonchev–Trinajstić information content (AvgIpc) is 3.17. The number of piperidine rings is 1. The summed E-state index contributed by atoms with van der Waals surface area (Å²) in [5, 5.41) is 12.1. The standard InChI is InChI=1S/C17H26N6O/c24-17(15-5-8-18-20-15)19-13-6-9-23(10-7-13)16-11-12-3-1-2-4-14(12)21-22-16/h11,13,15,18,20H,1-10H2,(H,19,24). The number of amides is 1. The second-order valence-corrected chi connectivity index (χ2v) is 7.06. The molecule has 3 heterocycles. The van der Waals surface area contributed by atoms with E-state index in [9.17, 15) is 4.79 Å². The summed E-state index contributed by atoms with van der Waals surface area (Å²) in [7, 11) is 0. The molecule has 1 aliphatic carbocycles. The summed E-state index contributed by atoms with van der Waals surface area (Å²) in [6, 6.07) is 2.41. The maximum absolute atomic E-state index is 12.2. The fourth-order valence-corrected chi connectivity index (χ4v) is 3.87. The van der Waals surface area contributed by atoms with Gasteiger partial charge in [0, 0.05) is 25.7 Å². The number of anilines is 1. The Morgan fingerprint density at radius 1 is 1.17 bits per heavy atom. The van der Waals surface area contributed by atoms with Crippen molar-refractivity contribution in [2.75, 3.05) is 24.5 Å². The van der Waals surface area contributed by atoms with Crippen LogP contribution in [0.4, 0.5) is 5.82 Å². The highest BCUT2D eigenvalue weighted by molar-refractivity contribution is 5.82. The molecular weight excluding hydrogens is 304 g/mol. The Bertz CT molecular complexity index is 593. The Labute approximate surface area is 142 Å². The molecule has 1 unspecified atom stereocenters. The molecule has 2 saturated heterocycles. The SMILES string of the molecule is O=C(NC1CCN(c2cc3c(nn2)CCCC3)CC1)C1CCNN1. The van der Waals surface area contributed by atoms with E-state index in [1.807, 2.05) is 0 Å². The molecule has 0 aromatic carbocycles. The molecule has 1 amide bonds. The molecule has 4 rings (SSSR count). The topological polar surface area (TPSA) is 82.2 Å². The largest absolute Gasteiger partial charge is 0.355 e. The zero-order valence-electron chi connectivity index (χ0n) is 14.1. The number of hydrogen-bond donors (Lipinski definition) is 3. The molecule has 0 bridgehead atoms. The molecule has 1 aromatic heterocycles. The van der Waals surface area contributed by atoms with Crippen LogP contribution < -0.4 is 21.1 Å². The van der Waals surface area contributed by atoms with E-state index in [-0.39, 0.29) is 18.0 Å². The molecule has 3 aliphatic rings. The minimum Gasteiger partial charge on any atom is -0.355 e. The second kappa shape index (κ2) is 7.03. The van der Waals surface area contributed by atoms with Gasteiger partial charge in [0.05, 0.1) is 5.69 Å². The van der Waals surface area contributed by atoms with E-state index in [2.05, 4.69) is 37.3 Å². The summed E-state index contributed by atoms with van der Waals surface area (Å²) in [6.45, 7) is 2.71. The third-order valence-corrected chi connectivity index (χ3v) is 5.37. The summed E-state index contributed by atoms with van der Waals surface area (Å²) >= 11 is 0. The average molecular weight is 330 g/mol. The lowest BCUT2D eigenvalue weighted by Crippen LogP contribution is -2.50. The molecule has 1 atom stereocenters. The van der Waals surface area contributed by atoms with E-state index in [1.54, 1.807) is 0 Å². The monoisotopic (exact) mass is 330 g/mol. The number of rotatable bonds is 3. The maximum atomic E-state index is 12.2. The van der Waals surface area contributed by atoms with Crippen molar-refractivity contribution in [3.63, 3.8) is 0 Å². The van der Waals surface area contributed by atoms with Gasteiger partial charge in [-0.15, -0.1) is 5.10 Å². The van der Waals surface area contributed by atoms with Gasteiger partial charge in [0.15, 0.2) is 5.82 Å². The lowest BCUT2D eigenvalue weighted by Gasteiger charge is -2.33. The van der Waals surface area contributed by atoms with Crippen molar-refractivity contribution in [2.24, 2.45) is 0 Å². The van der Waals surface area contributed by atoms with Gasteiger partial charge in [-0.25, -0.2) is 5.43 Å². The number of hydrazine groups is 1. The smallest absolute Gasteiger partial charge is 0.238 e. The molecule has 0 spiro atoms. The van der Waals surface area contributed by atoms with Crippen molar-refractivity contribution in [3.8, 4) is 0 Å². The summed E-state index contributed by atoms with van der Waals surface area (Å²) in [5.41, 5.74) is 8.59. The third kappa shape index (κ3) is 3.37. The van der Waals surface area contributed by atoms with Crippen molar-refractivity contribution in [1.82, 2.24) is 26.4 Å². The van der Waals surface area contributed by atoms with Crippen LogP contribution in [0.15, 0.2) is 6.07 Å². The molecule has 1 aromatic rings. The first-order chi connectivity index (χ1) is 11.8. The highest BCUT2D eigenvalue weighted by atomic mass is 16.2. The highest BCUT2D eigenvalue weighted by Crippen LogP contribution is 2.24. The molecule has 130 valence electrons. The van der Waals surface area contributed by atoms with Crippen LogP contribution in [0.5, 0.6) is 0 Å². The molecule has 7 heteroatoms. The van der Waals surface area contributed by atoms with Crippen molar-refractivity contribution in [1.29, 1.82) is 0 Å². The minimum absolute atomic E-state index is 0.0884. The Balaban J connectivity index is 1.32. The van der Waals surface area contributed by atoms with Crippen LogP contribution in [-0.4, -0.2) is 47.8 Å². The molecule has 7 nitrogen and oxygen atoms in total. The molecule has 0 saturated carbocycles. The second-order valence-electron chi connectivity index (χ2n) is 7.06. The van der Waals surface area contributed by atoms with Gasteiger partial charge in [0.2, 0.25) is 5.91 Å². The van der Waals surface area contributed by atoms with Crippen LogP contribution in [0.25, 0.3) is 0 Å². The van der Waals surface area contributed by atoms with E-state index in [4.69, 9.17) is 0 Å². The number of carbonyl (C=O) groups excluding carboxylic acids is 1. The number of nitrogens with zero attached hydrogens (tertiary/aromatic N) is 3. The Kier molecular flexibility index (Phi) is 4.62. The van der Waals surface area contributed by atoms with Gasteiger partial charge < -0.3 is 10.2 Å². The predicted molar refractivity (Wildman–Crippen MR) is 91.6 cm³/mol. The molecular formula is C17H26N6O. The fourth-order valence-electron chi connectivity index (χ4n) is 3.87. The summed E-state index contributed by atoms with van der Waals surface area (Å²) in [6.07, 6.45) is 7.48. The number of carbonyl (C=O) groups is 1. The number of hydrogen-bond acceptors (Lipinski definition) is 6. The van der Waals surface area contributed by atoms with E-state index >= 15 is 0 Å². The molecule has 3 N–H and O–H groups in total. The Hall–Kier alpha value is -1.73. The quantitative estimate of drug-likeness (QED) is 0.740. The van der Waals surface area contributed by atoms with Crippen LogP contribution in [0.1, 0.15) is 43.4 Å². The first-order valence-corrected chi connectivity index (χ1v) is 9.19. The van der Waals surface area contributed by atoms with Crippen LogP contribution in [0.2, 0.25) is 0 Å². The number of aromatic nitrogens is 2. The van der Waals surface area contributed by atoms with Gasteiger partial charge >= 0.3 is 0 Å². The van der Waals surface area contributed by atoms with E-state index < -0.39 is 0 Å². The van der Waals surface area contributed by atoms with Crippen LogP contribution in [-0.2, 0) is 17.6 Å². The highest BCUT2D eigenvalue weighted by Gasteiger charge is 2.27. The van der Waals surface area contributed by atoms with Gasteiger partial charge in [0.25, 0.3) is 0 Å². The number of fused-ring (bicyclic) bond motifs is 1. The fraction of sp³-hybridized carbons (Fsp3) is 0.706. The summed E-state index contributed by atoms with van der Waals surface area (Å²) in [5.74, 6) is 1.12. The minimum atomic E-state index is -0.0884. The molecule has 2 fully saturated rings. The van der Waals surface area contributed by atoms with E-state index in [1.165, 1.54) is 24.1 Å². The Morgan fingerprint density at radius 2 is 2.00 bits per heavy atom. The first-order valence-electron chi connectivity index (χ1n) is 9.19. The van der Waals surface area contributed by atoms with Gasteiger partial charge in [0.1, 0.15) is 6.04 Å². The van der Waals surface area contributed by atoms with E-state index in [0.717, 1.165) is 57.6 Å². The van der Waals surface area contributed by atoms with E-state index in [0.29, 0.717) is 0 Å². The normalized spacial score (nSPS) is 24.7. The van der Waals surface area contributed by atoms with Crippen molar-refractivity contribution < 1.29 is 4.79 Å². The summed E-state index contributed by atoms with van der Waals surface area (Å²) < 4.78 is 0. The van der Waals surface area contributed by atoms with Gasteiger partial charge in [-0.2, -0.15) is 5.10 Å². The zero-order chi connectivity index (χ0) is 16.4. The predicted octanol–water partition coefficient (Wildman–Crippen LogP) is 0.307. The van der Waals surface area contributed by atoms with Gasteiger partial charge in [-0.05, 0) is 56.6 Å². The lowest BCUT2D eigenvalue weighted by molar-refractivity contribution is -0.123. The van der Waals surface area contributed by atoms with Gasteiger partial charge in [-0.1, -0.05) is 0 Å². The molecule has 24 heavy (non-hydrogen) atoms. The van der Waals surface area contributed by atoms with Crippen LogP contribution in [0, 0.1) is 0 Å². The molecule has 2 aliphatic heterocycles. The number of aryl methyl sites for hydroxylation is 2. The van der Waals surface area contributed by atoms with Crippen LogP contribution in [0.3, 0.4) is 0 Å². The lowest BCUT2D eigenvalue weighted by atomic mass is 9.96. The number of nitrogens with one attached hydrogen (secondary N) is 3. The van der Waals surface area contributed by atoms with Crippen molar-refractivity contribution in [3.05, 3.63) is 17.3 Å². The zero-order valence-corrected chi connectivity index (χ0v) is 14.1. The molecule has 0 radical (unpaired) electrons. The van der Waals surface area contributed by atoms with Crippen LogP contribution >= 0.6 is 0 Å².